The molecular weight excluding hydrogens is 270 g/mol. The Kier molecular flexibility index (Phi) is 5.21. The average molecular weight is 292 g/mol. The largest absolute Gasteiger partial charge is 0.311 e. The van der Waals surface area contributed by atoms with Crippen LogP contribution in [0.3, 0.4) is 0 Å². The van der Waals surface area contributed by atoms with Crippen LogP contribution in [0.15, 0.2) is 30.3 Å². The van der Waals surface area contributed by atoms with E-state index in [0.29, 0.717) is 0 Å². The number of aryl methyl sites for hydroxylation is 2. The van der Waals surface area contributed by atoms with Crippen molar-refractivity contribution >= 4 is 11.6 Å². The molecule has 0 saturated carbocycles. The monoisotopic (exact) mass is 291 g/mol. The highest BCUT2D eigenvalue weighted by Crippen LogP contribution is 2.21. The molecule has 2 rings (SSSR count). The van der Waals surface area contributed by atoms with Crippen molar-refractivity contribution in [1.82, 2.24) is 15.1 Å². The number of hydrogen-bond donors (Lipinski definition) is 1. The van der Waals surface area contributed by atoms with Gasteiger partial charge < -0.3 is 5.32 Å². The van der Waals surface area contributed by atoms with Crippen LogP contribution in [0.25, 0.3) is 0 Å². The molecule has 0 bridgehead atoms. The van der Waals surface area contributed by atoms with E-state index in [1.54, 1.807) is 0 Å². The Bertz CT molecular complexity index is 563. The molecule has 0 fully saturated rings. The average Bonchev–Trinajstić information content (AvgIpc) is 2.88. The van der Waals surface area contributed by atoms with Crippen molar-refractivity contribution in [2.24, 2.45) is 0 Å². The first-order valence-electron chi connectivity index (χ1n) is 7.16. The Morgan fingerprint density at radius 1 is 1.30 bits per heavy atom. The smallest absolute Gasteiger partial charge is 0.0625 e. The maximum absolute atomic E-state index is 6.06. The Hall–Kier alpha value is -1.32. The van der Waals surface area contributed by atoms with Crippen LogP contribution in [0.5, 0.6) is 0 Å². The first kappa shape index (κ1) is 15.1. The predicted molar refractivity (Wildman–Crippen MR) is 84.2 cm³/mol. The maximum atomic E-state index is 6.06. The van der Waals surface area contributed by atoms with Crippen LogP contribution in [0.1, 0.15) is 36.8 Å². The topological polar surface area (TPSA) is 29.9 Å². The second kappa shape index (κ2) is 6.91. The fourth-order valence-electron chi connectivity index (χ4n) is 2.45. The summed E-state index contributed by atoms with van der Waals surface area (Å²) in [4.78, 5) is 0. The maximum Gasteiger partial charge on any atom is 0.0625 e. The third-order valence-electron chi connectivity index (χ3n) is 3.56. The van der Waals surface area contributed by atoms with Gasteiger partial charge in [0.25, 0.3) is 0 Å². The van der Waals surface area contributed by atoms with Crippen molar-refractivity contribution in [3.05, 3.63) is 52.3 Å². The quantitative estimate of drug-likeness (QED) is 0.881. The fourth-order valence-corrected chi connectivity index (χ4v) is 2.66. The lowest BCUT2D eigenvalue weighted by atomic mass is 10.0. The summed E-state index contributed by atoms with van der Waals surface area (Å²) in [6, 6.07) is 10.5. The van der Waals surface area contributed by atoms with Gasteiger partial charge >= 0.3 is 0 Å². The number of nitrogens with one attached hydrogen (secondary N) is 1. The molecule has 3 nitrogen and oxygen atoms in total. The van der Waals surface area contributed by atoms with Gasteiger partial charge in [0.1, 0.15) is 0 Å². The minimum absolute atomic E-state index is 0.251. The highest BCUT2D eigenvalue weighted by atomic mass is 35.5. The zero-order valence-corrected chi connectivity index (χ0v) is 13.1. The summed E-state index contributed by atoms with van der Waals surface area (Å²) < 4.78 is 2.09. The van der Waals surface area contributed by atoms with Gasteiger partial charge in [-0.05, 0) is 50.6 Å². The zero-order valence-electron chi connectivity index (χ0n) is 12.4. The molecule has 1 N–H and O–H groups in total. The van der Waals surface area contributed by atoms with Gasteiger partial charge in [0, 0.05) is 11.6 Å². The lowest BCUT2D eigenvalue weighted by molar-refractivity contribution is 0.512. The van der Waals surface area contributed by atoms with Crippen LogP contribution in [0, 0.1) is 0 Å². The standard InChI is InChI=1S/C16H22ClN3/c1-4-14-11-16(20(5-2)19-14)15(18-3)10-12-7-6-8-13(17)9-12/h6-9,11,15,18H,4-5,10H2,1-3H3. The highest BCUT2D eigenvalue weighted by Gasteiger charge is 2.16. The Morgan fingerprint density at radius 3 is 2.70 bits per heavy atom. The molecule has 1 heterocycles. The molecule has 1 aromatic heterocycles. The van der Waals surface area contributed by atoms with Gasteiger partial charge in [-0.2, -0.15) is 5.10 Å². The number of rotatable bonds is 6. The van der Waals surface area contributed by atoms with E-state index in [0.717, 1.165) is 30.1 Å². The Labute approximate surface area is 126 Å². The van der Waals surface area contributed by atoms with E-state index >= 15 is 0 Å². The van der Waals surface area contributed by atoms with Crippen molar-refractivity contribution in [3.63, 3.8) is 0 Å². The van der Waals surface area contributed by atoms with Crippen molar-refractivity contribution in [3.8, 4) is 0 Å². The van der Waals surface area contributed by atoms with E-state index in [-0.39, 0.29) is 6.04 Å². The van der Waals surface area contributed by atoms with Crippen LogP contribution in [-0.2, 0) is 19.4 Å². The van der Waals surface area contributed by atoms with Crippen LogP contribution in [-0.4, -0.2) is 16.8 Å². The van der Waals surface area contributed by atoms with Crippen molar-refractivity contribution in [2.45, 2.75) is 39.3 Å². The summed E-state index contributed by atoms with van der Waals surface area (Å²) in [5, 5.41) is 8.81. The van der Waals surface area contributed by atoms with Crippen LogP contribution >= 0.6 is 11.6 Å². The van der Waals surface area contributed by atoms with Crippen molar-refractivity contribution in [1.29, 1.82) is 0 Å². The van der Waals surface area contributed by atoms with Gasteiger partial charge in [-0.15, -0.1) is 0 Å². The van der Waals surface area contributed by atoms with Gasteiger partial charge in [0.15, 0.2) is 0 Å². The molecule has 108 valence electrons. The van der Waals surface area contributed by atoms with Gasteiger partial charge in [0.2, 0.25) is 0 Å². The number of nitrogens with zero attached hydrogens (tertiary/aromatic N) is 2. The molecule has 2 aromatic rings. The minimum atomic E-state index is 0.251. The number of halogens is 1. The van der Waals surface area contributed by atoms with E-state index in [1.807, 2.05) is 25.2 Å². The summed E-state index contributed by atoms with van der Waals surface area (Å²) in [6.45, 7) is 5.16. The molecule has 1 aromatic carbocycles. The third kappa shape index (κ3) is 3.41. The second-order valence-corrected chi connectivity index (χ2v) is 5.34. The Morgan fingerprint density at radius 2 is 2.10 bits per heavy atom. The summed E-state index contributed by atoms with van der Waals surface area (Å²) in [5.41, 5.74) is 3.62. The van der Waals surface area contributed by atoms with E-state index < -0.39 is 0 Å². The van der Waals surface area contributed by atoms with Crippen LogP contribution in [0.2, 0.25) is 5.02 Å². The number of likely N-dealkylation sites (N-methyl/N-ethyl adjacent to an activating group) is 1. The van der Waals surface area contributed by atoms with E-state index in [4.69, 9.17) is 11.6 Å². The molecule has 1 atom stereocenters. The SMILES string of the molecule is CCc1cc(C(Cc2cccc(Cl)c2)NC)n(CC)n1. The predicted octanol–water partition coefficient (Wildman–Crippen LogP) is 3.62. The van der Waals surface area contributed by atoms with E-state index in [2.05, 4.69) is 41.1 Å². The fraction of sp³-hybridized carbons (Fsp3) is 0.438. The van der Waals surface area contributed by atoms with Gasteiger partial charge in [-0.25, -0.2) is 0 Å². The van der Waals surface area contributed by atoms with Crippen molar-refractivity contribution in [2.75, 3.05) is 7.05 Å². The molecule has 0 aliphatic carbocycles. The third-order valence-corrected chi connectivity index (χ3v) is 3.79. The molecule has 0 saturated heterocycles. The Balaban J connectivity index is 2.25. The molecule has 0 amide bonds. The highest BCUT2D eigenvalue weighted by molar-refractivity contribution is 6.30. The lowest BCUT2D eigenvalue weighted by Crippen LogP contribution is -2.22. The van der Waals surface area contributed by atoms with Gasteiger partial charge in [0.05, 0.1) is 17.4 Å². The number of aromatic nitrogens is 2. The van der Waals surface area contributed by atoms with Crippen LogP contribution < -0.4 is 5.32 Å². The second-order valence-electron chi connectivity index (χ2n) is 4.91. The summed E-state index contributed by atoms with van der Waals surface area (Å²) in [7, 11) is 1.99. The molecular formula is C16H22ClN3. The van der Waals surface area contributed by atoms with Crippen LogP contribution in [0.4, 0.5) is 0 Å². The van der Waals surface area contributed by atoms with Crippen molar-refractivity contribution < 1.29 is 0 Å². The summed E-state index contributed by atoms with van der Waals surface area (Å²) in [6.07, 6.45) is 1.87. The molecule has 4 heteroatoms. The minimum Gasteiger partial charge on any atom is -0.311 e. The van der Waals surface area contributed by atoms with E-state index in [1.165, 1.54) is 11.3 Å². The molecule has 0 aliphatic rings. The number of hydrogen-bond acceptors (Lipinski definition) is 2. The molecule has 0 radical (unpaired) electrons. The summed E-state index contributed by atoms with van der Waals surface area (Å²) in [5.74, 6) is 0. The van der Waals surface area contributed by atoms with Gasteiger partial charge in [-0.3, -0.25) is 4.68 Å². The number of benzene rings is 1. The molecule has 1 unspecified atom stereocenters. The lowest BCUT2D eigenvalue weighted by Gasteiger charge is -2.17. The first-order valence-corrected chi connectivity index (χ1v) is 7.54. The molecule has 0 aliphatic heterocycles. The summed E-state index contributed by atoms with van der Waals surface area (Å²) >= 11 is 6.06. The zero-order chi connectivity index (χ0) is 14.5. The van der Waals surface area contributed by atoms with Gasteiger partial charge in [-0.1, -0.05) is 30.7 Å². The molecule has 20 heavy (non-hydrogen) atoms. The van der Waals surface area contributed by atoms with E-state index in [9.17, 15) is 0 Å². The normalized spacial score (nSPS) is 12.6. The first-order chi connectivity index (χ1) is 9.67. The molecule has 0 spiro atoms.